The van der Waals surface area contributed by atoms with Crippen LogP contribution in [-0.2, 0) is 20.1 Å². The molecule has 8 nitrogen and oxygen atoms in total. The lowest BCUT2D eigenvalue weighted by Crippen LogP contribution is -2.56. The third-order valence-electron chi connectivity index (χ3n) is 4.29. The first-order valence-electron chi connectivity index (χ1n) is 7.60. The van der Waals surface area contributed by atoms with Crippen molar-refractivity contribution in [3.8, 4) is 0 Å². The van der Waals surface area contributed by atoms with E-state index in [0.717, 1.165) is 4.31 Å². The van der Waals surface area contributed by atoms with Gasteiger partial charge in [0.1, 0.15) is 17.1 Å². The number of nitrogens with one attached hydrogen (secondary N) is 1. The molecule has 11 heteroatoms. The highest BCUT2D eigenvalue weighted by Gasteiger charge is 2.54. The van der Waals surface area contributed by atoms with Crippen LogP contribution < -0.4 is 5.32 Å². The monoisotopic (exact) mass is 464 g/mol. The van der Waals surface area contributed by atoms with Crippen LogP contribution >= 0.6 is 15.9 Å². The van der Waals surface area contributed by atoms with Crippen LogP contribution in [0.3, 0.4) is 0 Å². The van der Waals surface area contributed by atoms with Crippen molar-refractivity contribution in [3.63, 3.8) is 0 Å². The number of allylic oxidation sites excluding steroid dienone is 1. The maximum Gasteiger partial charge on any atom is 0.267 e. The van der Waals surface area contributed by atoms with Crippen LogP contribution in [0.15, 0.2) is 57.2 Å². The Bertz CT molecular complexity index is 988. The molecule has 0 amide bonds. The van der Waals surface area contributed by atoms with Gasteiger partial charge in [-0.15, -0.1) is 0 Å². The summed E-state index contributed by atoms with van der Waals surface area (Å²) in [4.78, 5) is -0.0469. The highest BCUT2D eigenvalue weighted by molar-refractivity contribution is 9.12. The van der Waals surface area contributed by atoms with Crippen LogP contribution in [0.5, 0.6) is 0 Å². The summed E-state index contributed by atoms with van der Waals surface area (Å²) in [6.45, 7) is -0.457. The summed E-state index contributed by atoms with van der Waals surface area (Å²) >= 11 is 3.35. The fraction of sp³-hybridized carbons (Fsp3) is 0.333. The molecule has 0 saturated heterocycles. The zero-order valence-corrected chi connectivity index (χ0v) is 16.7. The van der Waals surface area contributed by atoms with Crippen molar-refractivity contribution in [1.29, 1.82) is 0 Å². The summed E-state index contributed by atoms with van der Waals surface area (Å²) in [7, 11) is -8.76. The zero-order valence-electron chi connectivity index (χ0n) is 13.5. The summed E-state index contributed by atoms with van der Waals surface area (Å²) in [5, 5.41) is 13.0. The first-order chi connectivity index (χ1) is 12.1. The molecular formula is C15H17BrN2O6S2. The van der Waals surface area contributed by atoms with Crippen molar-refractivity contribution in [2.45, 2.75) is 16.9 Å². The molecule has 142 valence electrons. The summed E-state index contributed by atoms with van der Waals surface area (Å²) in [6.07, 6.45) is 1.70. The molecule has 0 unspecified atom stereocenters. The Hall–Kier alpha value is -1.40. The predicted octanol–water partition coefficient (Wildman–Crippen LogP) is 0.793. The van der Waals surface area contributed by atoms with Crippen molar-refractivity contribution in [1.82, 2.24) is 9.62 Å². The molecule has 0 bridgehead atoms. The van der Waals surface area contributed by atoms with E-state index in [0.29, 0.717) is 16.6 Å². The van der Waals surface area contributed by atoms with E-state index < -0.39 is 38.0 Å². The van der Waals surface area contributed by atoms with Crippen molar-refractivity contribution >= 4 is 36.1 Å². The average molecular weight is 465 g/mol. The van der Waals surface area contributed by atoms with E-state index in [1.807, 2.05) is 0 Å². The van der Waals surface area contributed by atoms with Crippen LogP contribution in [0.25, 0.3) is 0 Å². The number of hydrogen-bond donors (Lipinski definition) is 3. The number of benzene rings is 1. The molecule has 2 aliphatic rings. The number of hydrogen-bond acceptors (Lipinski definition) is 6. The second-order valence-electron chi connectivity index (χ2n) is 6.13. The highest BCUT2D eigenvalue weighted by Crippen LogP contribution is 2.45. The van der Waals surface area contributed by atoms with Gasteiger partial charge in [0, 0.05) is 23.0 Å². The minimum absolute atomic E-state index is 0.0469. The second-order valence-corrected chi connectivity index (χ2v) is 10.2. The van der Waals surface area contributed by atoms with Gasteiger partial charge in [0.25, 0.3) is 20.1 Å². The van der Waals surface area contributed by atoms with E-state index in [4.69, 9.17) is 0 Å². The minimum atomic E-state index is -4.57. The van der Waals surface area contributed by atoms with Crippen molar-refractivity contribution in [2.75, 3.05) is 18.9 Å². The summed E-state index contributed by atoms with van der Waals surface area (Å²) in [6, 6.07) is 7.52. The molecular weight excluding hydrogens is 448 g/mol. The zero-order chi connectivity index (χ0) is 19.2. The van der Waals surface area contributed by atoms with Crippen molar-refractivity contribution in [3.05, 3.63) is 52.3 Å². The molecule has 26 heavy (non-hydrogen) atoms. The van der Waals surface area contributed by atoms with Gasteiger partial charge in [-0.2, -0.15) is 8.42 Å². The summed E-state index contributed by atoms with van der Waals surface area (Å²) < 4.78 is 60.7. The SMILES string of the molecule is O=S(=O)(O)C[C@]1(CO)CC2=C(NCC=C2Br)N1S(=O)(=O)c1ccccc1. The fourth-order valence-electron chi connectivity index (χ4n) is 3.27. The van der Waals surface area contributed by atoms with Crippen molar-refractivity contribution in [2.24, 2.45) is 0 Å². The predicted molar refractivity (Wildman–Crippen MR) is 98.4 cm³/mol. The van der Waals surface area contributed by atoms with Crippen LogP contribution in [0.1, 0.15) is 6.42 Å². The molecule has 2 aliphatic heterocycles. The number of rotatable bonds is 5. The van der Waals surface area contributed by atoms with E-state index >= 15 is 0 Å². The van der Waals surface area contributed by atoms with Gasteiger partial charge in [-0.25, -0.2) is 12.7 Å². The quantitative estimate of drug-likeness (QED) is 0.550. The molecule has 0 saturated carbocycles. The van der Waals surface area contributed by atoms with Gasteiger partial charge < -0.3 is 10.4 Å². The molecule has 1 aromatic rings. The maximum atomic E-state index is 13.3. The van der Waals surface area contributed by atoms with Gasteiger partial charge in [-0.3, -0.25) is 4.55 Å². The van der Waals surface area contributed by atoms with Crippen LogP contribution in [0, 0.1) is 0 Å². The number of sulfonamides is 1. The molecule has 3 rings (SSSR count). The topological polar surface area (TPSA) is 124 Å². The number of dihydropyridines is 1. The van der Waals surface area contributed by atoms with Crippen LogP contribution in [0.2, 0.25) is 0 Å². The molecule has 1 aromatic carbocycles. The van der Waals surface area contributed by atoms with Gasteiger partial charge in [-0.05, 0) is 12.1 Å². The van der Waals surface area contributed by atoms with Crippen molar-refractivity contribution < 1.29 is 26.5 Å². The Balaban J connectivity index is 2.23. The molecule has 0 aromatic heterocycles. The Morgan fingerprint density at radius 1 is 1.19 bits per heavy atom. The number of aliphatic hydroxyl groups is 1. The maximum absolute atomic E-state index is 13.3. The van der Waals surface area contributed by atoms with Gasteiger partial charge >= 0.3 is 0 Å². The van der Waals surface area contributed by atoms with E-state index in [9.17, 15) is 26.5 Å². The lowest BCUT2D eigenvalue weighted by molar-refractivity contribution is 0.138. The molecule has 0 spiro atoms. The molecule has 3 N–H and O–H groups in total. The number of nitrogens with zero attached hydrogens (tertiary/aromatic N) is 1. The third kappa shape index (κ3) is 3.29. The van der Waals surface area contributed by atoms with E-state index in [-0.39, 0.29) is 17.1 Å². The average Bonchev–Trinajstić information content (AvgIpc) is 2.90. The fourth-order valence-corrected chi connectivity index (χ4v) is 6.67. The smallest absolute Gasteiger partial charge is 0.267 e. The largest absolute Gasteiger partial charge is 0.394 e. The third-order valence-corrected chi connectivity index (χ3v) is 7.91. The number of aliphatic hydroxyl groups excluding tert-OH is 1. The van der Waals surface area contributed by atoms with Crippen LogP contribution in [-0.4, -0.2) is 55.2 Å². The molecule has 0 aliphatic carbocycles. The van der Waals surface area contributed by atoms with Crippen LogP contribution in [0.4, 0.5) is 0 Å². The Morgan fingerprint density at radius 3 is 2.42 bits per heavy atom. The second kappa shape index (κ2) is 6.64. The van der Waals surface area contributed by atoms with Gasteiger partial charge in [-0.1, -0.05) is 40.2 Å². The van der Waals surface area contributed by atoms with Gasteiger partial charge in [0.15, 0.2) is 0 Å². The number of halogens is 1. The lowest BCUT2D eigenvalue weighted by Gasteiger charge is -2.38. The summed E-state index contributed by atoms with van der Waals surface area (Å²) in [5.74, 6) is -0.738. The molecule has 0 fully saturated rings. The lowest BCUT2D eigenvalue weighted by atomic mass is 9.97. The van der Waals surface area contributed by atoms with Gasteiger partial charge in [0.2, 0.25) is 0 Å². The highest BCUT2D eigenvalue weighted by atomic mass is 79.9. The first kappa shape index (κ1) is 19.4. The Morgan fingerprint density at radius 2 is 1.85 bits per heavy atom. The minimum Gasteiger partial charge on any atom is -0.394 e. The Labute approximate surface area is 160 Å². The van der Waals surface area contributed by atoms with E-state index in [2.05, 4.69) is 21.2 Å². The molecule has 2 heterocycles. The van der Waals surface area contributed by atoms with Gasteiger partial charge in [0.05, 0.1) is 11.5 Å². The normalized spacial score (nSPS) is 23.5. The van der Waals surface area contributed by atoms with E-state index in [1.165, 1.54) is 12.1 Å². The first-order valence-corrected chi connectivity index (χ1v) is 11.4. The Kier molecular flexibility index (Phi) is 4.95. The summed E-state index contributed by atoms with van der Waals surface area (Å²) in [5.41, 5.74) is -1.23. The standard InChI is InChI=1S/C15H17BrN2O6S2/c16-13-6-7-17-14-12(13)8-15(9-19,10-25(20,21)22)18(14)26(23,24)11-4-2-1-3-5-11/h1-6,17,19H,7-10H2,(H,20,21,22)/t15-/m1/s1. The molecule has 0 radical (unpaired) electrons. The molecule has 1 atom stereocenters. The van der Waals surface area contributed by atoms with E-state index in [1.54, 1.807) is 24.3 Å².